The molecular formula is C58H94O6. The lowest BCUT2D eigenvalue weighted by Crippen LogP contribution is -2.30. The molecule has 0 bridgehead atoms. The molecule has 0 saturated carbocycles. The molecule has 0 aromatic heterocycles. The van der Waals surface area contributed by atoms with Gasteiger partial charge in [0.25, 0.3) is 0 Å². The maximum absolute atomic E-state index is 12.8. The smallest absolute Gasteiger partial charge is 0.306 e. The van der Waals surface area contributed by atoms with Crippen LogP contribution >= 0.6 is 0 Å². The van der Waals surface area contributed by atoms with Gasteiger partial charge in [0.1, 0.15) is 13.2 Å². The van der Waals surface area contributed by atoms with Gasteiger partial charge in [0, 0.05) is 19.3 Å². The third kappa shape index (κ3) is 49.1. The first-order chi connectivity index (χ1) is 31.5. The predicted molar refractivity (Wildman–Crippen MR) is 274 cm³/mol. The molecule has 0 spiro atoms. The summed E-state index contributed by atoms with van der Waals surface area (Å²) in [6.45, 7) is 6.36. The van der Waals surface area contributed by atoms with Crippen LogP contribution in [0, 0.1) is 0 Å². The molecule has 0 heterocycles. The van der Waals surface area contributed by atoms with Gasteiger partial charge in [0.2, 0.25) is 0 Å². The number of carbonyl (C=O) groups is 3. The molecule has 1 unspecified atom stereocenters. The van der Waals surface area contributed by atoms with E-state index in [1.54, 1.807) is 0 Å². The van der Waals surface area contributed by atoms with Crippen molar-refractivity contribution < 1.29 is 28.6 Å². The van der Waals surface area contributed by atoms with Gasteiger partial charge in [-0.3, -0.25) is 14.4 Å². The third-order valence-corrected chi connectivity index (χ3v) is 10.5. The highest BCUT2D eigenvalue weighted by Gasteiger charge is 2.19. The molecule has 0 amide bonds. The largest absolute Gasteiger partial charge is 0.462 e. The summed E-state index contributed by atoms with van der Waals surface area (Å²) in [5, 5.41) is 0. The Hall–Kier alpha value is -3.93. The summed E-state index contributed by atoms with van der Waals surface area (Å²) in [6.07, 6.45) is 69.4. The Kier molecular flexibility index (Phi) is 48.5. The second-order valence-corrected chi connectivity index (χ2v) is 16.7. The summed E-state index contributed by atoms with van der Waals surface area (Å²) in [4.78, 5) is 37.9. The Bertz CT molecular complexity index is 1340. The molecule has 362 valence electrons. The molecule has 0 rings (SSSR count). The Morgan fingerprint density at radius 1 is 0.344 bits per heavy atom. The van der Waals surface area contributed by atoms with E-state index in [-0.39, 0.29) is 37.5 Å². The first kappa shape index (κ1) is 60.1. The molecule has 1 atom stereocenters. The Labute approximate surface area is 393 Å². The van der Waals surface area contributed by atoms with Crippen LogP contribution in [-0.2, 0) is 28.6 Å². The van der Waals surface area contributed by atoms with Crippen LogP contribution in [0.4, 0.5) is 0 Å². The lowest BCUT2D eigenvalue weighted by molar-refractivity contribution is -0.166. The van der Waals surface area contributed by atoms with Crippen LogP contribution in [0.5, 0.6) is 0 Å². The minimum atomic E-state index is -0.824. The second-order valence-electron chi connectivity index (χ2n) is 16.7. The van der Waals surface area contributed by atoms with Crippen LogP contribution in [0.2, 0.25) is 0 Å². The van der Waals surface area contributed by atoms with E-state index in [0.717, 1.165) is 103 Å². The highest BCUT2D eigenvalue weighted by atomic mass is 16.6. The van der Waals surface area contributed by atoms with Crippen molar-refractivity contribution in [3.8, 4) is 0 Å². The van der Waals surface area contributed by atoms with Crippen molar-refractivity contribution in [3.05, 3.63) is 109 Å². The molecule has 0 aliphatic heterocycles. The van der Waals surface area contributed by atoms with Crippen LogP contribution in [0.25, 0.3) is 0 Å². The fourth-order valence-electron chi connectivity index (χ4n) is 6.61. The molecule has 0 aromatic carbocycles. The third-order valence-electron chi connectivity index (χ3n) is 10.5. The number of carbonyl (C=O) groups excluding carboxylic acids is 3. The van der Waals surface area contributed by atoms with Crippen LogP contribution < -0.4 is 0 Å². The molecule has 6 heteroatoms. The Morgan fingerprint density at radius 3 is 1.20 bits per heavy atom. The average Bonchev–Trinajstić information content (AvgIpc) is 3.29. The van der Waals surface area contributed by atoms with E-state index >= 15 is 0 Å². The van der Waals surface area contributed by atoms with E-state index in [1.807, 2.05) is 12.2 Å². The van der Waals surface area contributed by atoms with Gasteiger partial charge < -0.3 is 14.2 Å². The molecule has 64 heavy (non-hydrogen) atoms. The number of allylic oxidation sites excluding steroid dienone is 18. The summed E-state index contributed by atoms with van der Waals surface area (Å²) in [5.41, 5.74) is 0. The van der Waals surface area contributed by atoms with Crippen molar-refractivity contribution in [2.45, 2.75) is 226 Å². The summed E-state index contributed by atoms with van der Waals surface area (Å²) < 4.78 is 16.7. The quantitative estimate of drug-likeness (QED) is 0.0199. The van der Waals surface area contributed by atoms with Crippen molar-refractivity contribution in [2.75, 3.05) is 13.2 Å². The van der Waals surface area contributed by atoms with Gasteiger partial charge in [-0.25, -0.2) is 0 Å². The van der Waals surface area contributed by atoms with Gasteiger partial charge >= 0.3 is 17.9 Å². The monoisotopic (exact) mass is 887 g/mol. The van der Waals surface area contributed by atoms with Crippen molar-refractivity contribution in [3.63, 3.8) is 0 Å². The van der Waals surface area contributed by atoms with Gasteiger partial charge in [0.15, 0.2) is 6.10 Å². The predicted octanol–water partition coefficient (Wildman–Crippen LogP) is 17.1. The maximum atomic E-state index is 12.8. The van der Waals surface area contributed by atoms with Crippen LogP contribution in [0.15, 0.2) is 109 Å². The second kappa shape index (κ2) is 51.7. The fraction of sp³-hybridized carbons (Fsp3) is 0.638. The minimum absolute atomic E-state index is 0.120. The Balaban J connectivity index is 4.53. The van der Waals surface area contributed by atoms with Gasteiger partial charge in [-0.05, 0) is 103 Å². The van der Waals surface area contributed by atoms with Gasteiger partial charge in [-0.15, -0.1) is 0 Å². The average molecular weight is 887 g/mol. The van der Waals surface area contributed by atoms with E-state index in [1.165, 1.54) is 70.6 Å². The van der Waals surface area contributed by atoms with Gasteiger partial charge in [-0.2, -0.15) is 0 Å². The Morgan fingerprint density at radius 2 is 0.703 bits per heavy atom. The van der Waals surface area contributed by atoms with Crippen LogP contribution in [0.1, 0.15) is 220 Å². The standard InChI is InChI=1S/C58H94O6/c1-4-7-10-13-16-19-22-24-26-28-29-30-32-33-36-39-42-45-48-51-57(60)63-54-55(53-62-56(59)50-47-44-41-38-35-21-18-15-12-9-6-3)64-58(61)52-49-46-43-40-37-34-31-27-25-23-20-17-14-11-8-5-2/h7,10,15-16,18-19,21,24,26-27,29-31,33,35-36,42,45,55H,4-6,8-9,11-14,17,20,22-23,25,28,32,34,37-41,43-44,46-54H2,1-3H3/b10-7-,18-15-,19-16-,26-24-,30-29-,31-27-,35-21-,36-33-,45-42-. The molecule has 0 radical (unpaired) electrons. The molecule has 0 aromatic rings. The van der Waals surface area contributed by atoms with Crippen molar-refractivity contribution in [1.82, 2.24) is 0 Å². The van der Waals surface area contributed by atoms with E-state index < -0.39 is 6.10 Å². The fourth-order valence-corrected chi connectivity index (χ4v) is 6.61. The van der Waals surface area contributed by atoms with Crippen molar-refractivity contribution in [2.24, 2.45) is 0 Å². The number of ether oxygens (including phenoxy) is 3. The van der Waals surface area contributed by atoms with Gasteiger partial charge in [-0.1, -0.05) is 207 Å². The number of unbranched alkanes of at least 4 members (excludes halogenated alkanes) is 17. The zero-order valence-corrected chi connectivity index (χ0v) is 41.3. The molecule has 0 aliphatic carbocycles. The van der Waals surface area contributed by atoms with Crippen LogP contribution in [0.3, 0.4) is 0 Å². The zero-order chi connectivity index (χ0) is 46.5. The summed E-state index contributed by atoms with van der Waals surface area (Å²) in [7, 11) is 0. The number of esters is 3. The first-order valence-electron chi connectivity index (χ1n) is 25.9. The van der Waals surface area contributed by atoms with Crippen molar-refractivity contribution in [1.29, 1.82) is 0 Å². The normalized spacial score (nSPS) is 13.0. The molecule has 6 nitrogen and oxygen atoms in total. The lowest BCUT2D eigenvalue weighted by atomic mass is 10.1. The van der Waals surface area contributed by atoms with Crippen LogP contribution in [-0.4, -0.2) is 37.2 Å². The molecule has 0 fully saturated rings. The van der Waals surface area contributed by atoms with Crippen molar-refractivity contribution >= 4 is 17.9 Å². The lowest BCUT2D eigenvalue weighted by Gasteiger charge is -2.18. The number of hydrogen-bond acceptors (Lipinski definition) is 6. The first-order valence-corrected chi connectivity index (χ1v) is 25.9. The maximum Gasteiger partial charge on any atom is 0.306 e. The molecule has 0 N–H and O–H groups in total. The van der Waals surface area contributed by atoms with E-state index in [9.17, 15) is 14.4 Å². The zero-order valence-electron chi connectivity index (χ0n) is 41.3. The number of rotatable bonds is 45. The van der Waals surface area contributed by atoms with E-state index in [4.69, 9.17) is 14.2 Å². The minimum Gasteiger partial charge on any atom is -0.462 e. The molecular weight excluding hydrogens is 793 g/mol. The summed E-state index contributed by atoms with van der Waals surface area (Å²) >= 11 is 0. The molecule has 0 saturated heterocycles. The highest BCUT2D eigenvalue weighted by Crippen LogP contribution is 2.13. The topological polar surface area (TPSA) is 78.9 Å². The summed E-state index contributed by atoms with van der Waals surface area (Å²) in [6, 6.07) is 0. The number of hydrogen-bond donors (Lipinski definition) is 0. The highest BCUT2D eigenvalue weighted by molar-refractivity contribution is 5.71. The van der Waals surface area contributed by atoms with E-state index in [2.05, 4.69) is 118 Å². The SMILES string of the molecule is CC/C=C\C/C=C\C/C=C\C/C=C\C/C=C\C/C=C\CCC(=O)OCC(COC(=O)CCCCC/C=C\C=C/CCCC)OC(=O)CCCCCCC/C=C\CCCCCCCCC. The van der Waals surface area contributed by atoms with Gasteiger partial charge in [0.05, 0.1) is 0 Å². The van der Waals surface area contributed by atoms with E-state index in [0.29, 0.717) is 19.3 Å². The summed E-state index contributed by atoms with van der Waals surface area (Å²) in [5.74, 6) is -1.05. The molecule has 0 aliphatic rings.